The fourth-order valence-corrected chi connectivity index (χ4v) is 1.62. The van der Waals surface area contributed by atoms with Crippen LogP contribution in [0.25, 0.3) is 0 Å². The van der Waals surface area contributed by atoms with Gasteiger partial charge in [-0.05, 0) is 51.8 Å². The Morgan fingerprint density at radius 3 is 2.20 bits per heavy atom. The van der Waals surface area contributed by atoms with Gasteiger partial charge in [-0.2, -0.15) is 0 Å². The number of rotatable bonds is 4. The second-order valence-electron chi connectivity index (χ2n) is 5.78. The summed E-state index contributed by atoms with van der Waals surface area (Å²) in [7, 11) is 0. The van der Waals surface area contributed by atoms with Gasteiger partial charge in [-0.1, -0.05) is 19.1 Å². The lowest BCUT2D eigenvalue weighted by molar-refractivity contribution is -0.156. The van der Waals surface area contributed by atoms with Gasteiger partial charge in [0.25, 0.3) is 5.91 Å². The quantitative estimate of drug-likeness (QED) is 0.861. The van der Waals surface area contributed by atoms with Crippen molar-refractivity contribution < 1.29 is 14.3 Å². The van der Waals surface area contributed by atoms with Gasteiger partial charge in [-0.15, -0.1) is 0 Å². The van der Waals surface area contributed by atoms with Crippen LogP contribution < -0.4 is 5.32 Å². The molecule has 0 aromatic heterocycles. The first-order valence-corrected chi connectivity index (χ1v) is 6.85. The van der Waals surface area contributed by atoms with Gasteiger partial charge in [0.15, 0.2) is 0 Å². The van der Waals surface area contributed by atoms with E-state index in [4.69, 9.17) is 4.74 Å². The van der Waals surface area contributed by atoms with E-state index in [1.54, 1.807) is 39.8 Å². The third-order valence-electron chi connectivity index (χ3n) is 2.73. The predicted octanol–water partition coefficient (Wildman–Crippen LogP) is 2.71. The summed E-state index contributed by atoms with van der Waals surface area (Å²) < 4.78 is 5.22. The van der Waals surface area contributed by atoms with E-state index < -0.39 is 17.6 Å². The van der Waals surface area contributed by atoms with Crippen LogP contribution >= 0.6 is 0 Å². The first-order chi connectivity index (χ1) is 9.23. The van der Waals surface area contributed by atoms with Crippen molar-refractivity contribution in [1.29, 1.82) is 0 Å². The van der Waals surface area contributed by atoms with Crippen molar-refractivity contribution in [1.82, 2.24) is 5.32 Å². The maximum absolute atomic E-state index is 12.0. The Morgan fingerprint density at radius 1 is 1.20 bits per heavy atom. The third kappa shape index (κ3) is 5.03. The second-order valence-corrected chi connectivity index (χ2v) is 5.78. The Morgan fingerprint density at radius 2 is 1.75 bits per heavy atom. The van der Waals surface area contributed by atoms with E-state index in [0.29, 0.717) is 5.56 Å². The minimum absolute atomic E-state index is 0.272. The second kappa shape index (κ2) is 6.55. The third-order valence-corrected chi connectivity index (χ3v) is 2.73. The Labute approximate surface area is 120 Å². The molecule has 0 spiro atoms. The van der Waals surface area contributed by atoms with Crippen LogP contribution in [0, 0.1) is 0 Å². The molecule has 1 aromatic carbocycles. The van der Waals surface area contributed by atoms with Crippen LogP contribution in [0.15, 0.2) is 24.3 Å². The lowest BCUT2D eigenvalue weighted by atomic mass is 10.1. The number of carbonyl (C=O) groups is 2. The molecule has 0 aliphatic rings. The van der Waals surface area contributed by atoms with E-state index in [0.717, 1.165) is 6.42 Å². The van der Waals surface area contributed by atoms with Crippen molar-refractivity contribution in [2.24, 2.45) is 0 Å². The van der Waals surface area contributed by atoms with E-state index in [-0.39, 0.29) is 5.91 Å². The average molecular weight is 277 g/mol. The zero-order valence-corrected chi connectivity index (χ0v) is 12.8. The van der Waals surface area contributed by atoms with Gasteiger partial charge in [-0.25, -0.2) is 4.79 Å². The number of hydrogen-bond donors (Lipinski definition) is 1. The molecule has 0 fully saturated rings. The summed E-state index contributed by atoms with van der Waals surface area (Å²) >= 11 is 0. The molecule has 4 nitrogen and oxygen atoms in total. The number of amides is 1. The molecule has 0 radical (unpaired) electrons. The normalized spacial score (nSPS) is 12.7. The lowest BCUT2D eigenvalue weighted by Crippen LogP contribution is -2.42. The molecule has 1 atom stereocenters. The lowest BCUT2D eigenvalue weighted by Gasteiger charge is -2.22. The molecule has 0 heterocycles. The highest BCUT2D eigenvalue weighted by atomic mass is 16.6. The van der Waals surface area contributed by atoms with E-state index in [2.05, 4.69) is 12.2 Å². The molecule has 0 saturated carbocycles. The maximum atomic E-state index is 12.0. The summed E-state index contributed by atoms with van der Waals surface area (Å²) in [6.45, 7) is 9.06. The van der Waals surface area contributed by atoms with E-state index in [1.807, 2.05) is 12.1 Å². The summed E-state index contributed by atoms with van der Waals surface area (Å²) in [4.78, 5) is 23.8. The molecule has 1 amide bonds. The van der Waals surface area contributed by atoms with Gasteiger partial charge >= 0.3 is 5.97 Å². The SMILES string of the molecule is CCc1ccc(C(=O)N[C@H](C)C(=O)OC(C)(C)C)cc1. The highest BCUT2D eigenvalue weighted by molar-refractivity contribution is 5.96. The molecule has 1 N–H and O–H groups in total. The maximum Gasteiger partial charge on any atom is 0.328 e. The number of ether oxygens (including phenoxy) is 1. The van der Waals surface area contributed by atoms with Crippen LogP contribution in [-0.2, 0) is 16.0 Å². The smallest absolute Gasteiger partial charge is 0.328 e. The van der Waals surface area contributed by atoms with Crippen molar-refractivity contribution in [3.8, 4) is 0 Å². The van der Waals surface area contributed by atoms with Crippen molar-refractivity contribution >= 4 is 11.9 Å². The number of carbonyl (C=O) groups excluding carboxylic acids is 2. The predicted molar refractivity (Wildman–Crippen MR) is 78.6 cm³/mol. The zero-order chi connectivity index (χ0) is 15.3. The molecule has 0 bridgehead atoms. The van der Waals surface area contributed by atoms with Crippen LogP contribution in [0.4, 0.5) is 0 Å². The van der Waals surface area contributed by atoms with Crippen LogP contribution in [0.1, 0.15) is 50.5 Å². The zero-order valence-electron chi connectivity index (χ0n) is 12.8. The molecule has 110 valence electrons. The fraction of sp³-hybridized carbons (Fsp3) is 0.500. The Hall–Kier alpha value is -1.84. The van der Waals surface area contributed by atoms with Gasteiger partial charge in [0.05, 0.1) is 0 Å². The summed E-state index contributed by atoms with van der Waals surface area (Å²) in [6, 6.07) is 6.67. The summed E-state index contributed by atoms with van der Waals surface area (Å²) in [5.41, 5.74) is 1.15. The minimum atomic E-state index is -0.674. The van der Waals surface area contributed by atoms with Crippen LogP contribution in [0.3, 0.4) is 0 Å². The Kier molecular flexibility index (Phi) is 5.31. The molecule has 0 saturated heterocycles. The molecule has 20 heavy (non-hydrogen) atoms. The highest BCUT2D eigenvalue weighted by Crippen LogP contribution is 2.09. The molecule has 0 unspecified atom stereocenters. The van der Waals surface area contributed by atoms with Crippen molar-refractivity contribution in [3.05, 3.63) is 35.4 Å². The minimum Gasteiger partial charge on any atom is -0.458 e. The summed E-state index contributed by atoms with van der Waals surface area (Å²) in [6.07, 6.45) is 0.927. The average Bonchev–Trinajstić information content (AvgIpc) is 2.36. The first kappa shape index (κ1) is 16.2. The monoisotopic (exact) mass is 277 g/mol. The van der Waals surface area contributed by atoms with E-state index in [9.17, 15) is 9.59 Å². The van der Waals surface area contributed by atoms with Crippen LogP contribution in [-0.4, -0.2) is 23.5 Å². The van der Waals surface area contributed by atoms with E-state index in [1.165, 1.54) is 5.56 Å². The number of aryl methyl sites for hydroxylation is 1. The molecule has 0 aliphatic heterocycles. The fourth-order valence-electron chi connectivity index (χ4n) is 1.62. The molecule has 4 heteroatoms. The van der Waals surface area contributed by atoms with Crippen molar-refractivity contribution in [2.45, 2.75) is 52.7 Å². The van der Waals surface area contributed by atoms with Gasteiger partial charge in [0.2, 0.25) is 0 Å². The number of esters is 1. The number of hydrogen-bond acceptors (Lipinski definition) is 3. The van der Waals surface area contributed by atoms with Crippen molar-refractivity contribution in [3.63, 3.8) is 0 Å². The van der Waals surface area contributed by atoms with E-state index >= 15 is 0 Å². The summed E-state index contributed by atoms with van der Waals surface area (Å²) in [5, 5.41) is 2.64. The number of nitrogens with one attached hydrogen (secondary N) is 1. The van der Waals surface area contributed by atoms with Crippen LogP contribution in [0.2, 0.25) is 0 Å². The molecule has 0 aliphatic carbocycles. The molecule has 1 rings (SSSR count). The van der Waals surface area contributed by atoms with Gasteiger partial charge in [0.1, 0.15) is 11.6 Å². The summed E-state index contributed by atoms with van der Waals surface area (Å²) in [5.74, 6) is -0.706. The van der Waals surface area contributed by atoms with Gasteiger partial charge < -0.3 is 10.1 Å². The standard InChI is InChI=1S/C16H23NO3/c1-6-12-7-9-13(10-8-12)14(18)17-11(2)15(19)20-16(3,4)5/h7-11H,6H2,1-5H3,(H,17,18)/t11-/m1/s1. The largest absolute Gasteiger partial charge is 0.458 e. The molecular formula is C16H23NO3. The van der Waals surface area contributed by atoms with Gasteiger partial charge in [0, 0.05) is 5.56 Å². The Balaban J connectivity index is 2.62. The Bertz CT molecular complexity index is 471. The van der Waals surface area contributed by atoms with Gasteiger partial charge in [-0.3, -0.25) is 4.79 Å². The first-order valence-electron chi connectivity index (χ1n) is 6.85. The number of benzene rings is 1. The molecule has 1 aromatic rings. The molecular weight excluding hydrogens is 254 g/mol. The topological polar surface area (TPSA) is 55.4 Å². The van der Waals surface area contributed by atoms with Crippen molar-refractivity contribution in [2.75, 3.05) is 0 Å². The highest BCUT2D eigenvalue weighted by Gasteiger charge is 2.23. The van der Waals surface area contributed by atoms with Crippen LogP contribution in [0.5, 0.6) is 0 Å².